The molecule has 0 spiro atoms. The van der Waals surface area contributed by atoms with Crippen molar-refractivity contribution in [3.8, 4) is 5.69 Å². The number of nitrogens with zero attached hydrogens (tertiary/aromatic N) is 3. The van der Waals surface area contributed by atoms with Crippen LogP contribution in [-0.2, 0) is 4.79 Å². The smallest absolute Gasteiger partial charge is 0.275 e. The number of piperidine rings is 1. The van der Waals surface area contributed by atoms with E-state index in [0.29, 0.717) is 48.3 Å². The highest BCUT2D eigenvalue weighted by atomic mass is 79.9. The Morgan fingerprint density at radius 3 is 2.54 bits per heavy atom. The van der Waals surface area contributed by atoms with Crippen LogP contribution < -0.4 is 5.32 Å². The minimum atomic E-state index is -0.328. The maximum Gasteiger partial charge on any atom is 0.275 e. The number of amides is 2. The van der Waals surface area contributed by atoms with Crippen LogP contribution in [0.5, 0.6) is 0 Å². The molecule has 0 saturated carbocycles. The third-order valence-corrected chi connectivity index (χ3v) is 5.05. The molecule has 138 valence electrons. The van der Waals surface area contributed by atoms with E-state index in [-0.39, 0.29) is 23.5 Å². The molecule has 1 fully saturated rings. The number of nitrogens with one attached hydrogen (secondary N) is 1. The molecule has 8 heteroatoms. The number of hydrogen-bond acceptors (Lipinski definition) is 3. The van der Waals surface area contributed by atoms with E-state index in [1.54, 1.807) is 23.2 Å². The lowest BCUT2D eigenvalue weighted by Crippen LogP contribution is -2.43. The molecule has 1 aromatic carbocycles. The highest BCUT2D eigenvalue weighted by Crippen LogP contribution is 2.23. The first-order valence-corrected chi connectivity index (χ1v) is 9.37. The van der Waals surface area contributed by atoms with E-state index in [4.69, 9.17) is 0 Å². The quantitative estimate of drug-likeness (QED) is 0.823. The monoisotopic (exact) mass is 422 g/mol. The number of halogens is 2. The first-order chi connectivity index (χ1) is 12.5. The molecule has 2 aromatic rings. The molecule has 2 amide bonds. The van der Waals surface area contributed by atoms with E-state index < -0.39 is 0 Å². The number of rotatable bonds is 4. The van der Waals surface area contributed by atoms with Crippen LogP contribution in [0.4, 0.5) is 4.39 Å². The Morgan fingerprint density at radius 2 is 1.92 bits per heavy atom. The summed E-state index contributed by atoms with van der Waals surface area (Å²) in [5.41, 5.74) is 0.979. The molecule has 3 rings (SSSR count). The minimum absolute atomic E-state index is 0.0424. The zero-order chi connectivity index (χ0) is 18.7. The molecule has 0 unspecified atom stereocenters. The second-order valence-corrected chi connectivity index (χ2v) is 7.06. The largest absolute Gasteiger partial charge is 0.356 e. The van der Waals surface area contributed by atoms with Crippen molar-refractivity contribution in [2.45, 2.75) is 19.8 Å². The fourth-order valence-corrected chi connectivity index (χ4v) is 3.48. The number of benzene rings is 1. The topological polar surface area (TPSA) is 67.2 Å². The number of likely N-dealkylation sites (tertiary alicyclic amines) is 1. The summed E-state index contributed by atoms with van der Waals surface area (Å²) in [6, 6.07) is 5.89. The first kappa shape index (κ1) is 18.6. The predicted octanol–water partition coefficient (Wildman–Crippen LogP) is 2.76. The molecule has 26 heavy (non-hydrogen) atoms. The Hall–Kier alpha value is -2.22. The lowest BCUT2D eigenvalue weighted by atomic mass is 9.95. The van der Waals surface area contributed by atoms with Crippen molar-refractivity contribution >= 4 is 27.7 Å². The summed E-state index contributed by atoms with van der Waals surface area (Å²) in [5.74, 6) is -0.487. The summed E-state index contributed by atoms with van der Waals surface area (Å²) in [5, 5.41) is 7.18. The van der Waals surface area contributed by atoms with Gasteiger partial charge in [0.05, 0.1) is 10.2 Å². The summed E-state index contributed by atoms with van der Waals surface area (Å²) in [7, 11) is 0. The predicted molar refractivity (Wildman–Crippen MR) is 98.5 cm³/mol. The van der Waals surface area contributed by atoms with Gasteiger partial charge in [0.1, 0.15) is 5.82 Å². The standard InChI is InChI=1S/C18H20BrFN4O2/c1-2-21-17(25)12-7-9-23(10-8-12)18(26)16-15(19)11-24(22-16)14-5-3-13(20)4-6-14/h3-6,11-12H,2,7-10H2,1H3,(H,21,25). The third-order valence-electron chi connectivity index (χ3n) is 4.47. The SMILES string of the molecule is CCNC(=O)C1CCN(C(=O)c2nn(-c3ccc(F)cc3)cc2Br)CC1. The molecule has 0 atom stereocenters. The average molecular weight is 423 g/mol. The lowest BCUT2D eigenvalue weighted by Gasteiger charge is -2.30. The second-order valence-electron chi connectivity index (χ2n) is 6.21. The van der Waals surface area contributed by atoms with Gasteiger partial charge in [-0.1, -0.05) is 0 Å². The van der Waals surface area contributed by atoms with Gasteiger partial charge in [-0.3, -0.25) is 9.59 Å². The molecule has 2 heterocycles. The van der Waals surface area contributed by atoms with Gasteiger partial charge in [-0.25, -0.2) is 9.07 Å². The van der Waals surface area contributed by atoms with Crippen LogP contribution in [-0.4, -0.2) is 46.1 Å². The molecule has 1 saturated heterocycles. The maximum atomic E-state index is 13.1. The fourth-order valence-electron chi connectivity index (χ4n) is 3.04. The van der Waals surface area contributed by atoms with Crippen LogP contribution in [0.15, 0.2) is 34.9 Å². The minimum Gasteiger partial charge on any atom is -0.356 e. The summed E-state index contributed by atoms with van der Waals surface area (Å²) in [4.78, 5) is 26.4. The Morgan fingerprint density at radius 1 is 1.27 bits per heavy atom. The number of hydrogen-bond donors (Lipinski definition) is 1. The maximum absolute atomic E-state index is 13.1. The zero-order valence-electron chi connectivity index (χ0n) is 14.4. The molecule has 1 aliphatic rings. The third kappa shape index (κ3) is 3.95. The highest BCUT2D eigenvalue weighted by Gasteiger charge is 2.29. The van der Waals surface area contributed by atoms with Crippen LogP contribution in [0.25, 0.3) is 5.69 Å². The van der Waals surface area contributed by atoms with Gasteiger partial charge < -0.3 is 10.2 Å². The molecule has 1 N–H and O–H groups in total. The molecule has 1 aromatic heterocycles. The van der Waals surface area contributed by atoms with Crippen LogP contribution in [0, 0.1) is 11.7 Å². The van der Waals surface area contributed by atoms with Gasteiger partial charge in [-0.2, -0.15) is 5.10 Å². The van der Waals surface area contributed by atoms with Crippen LogP contribution in [0.1, 0.15) is 30.3 Å². The van der Waals surface area contributed by atoms with Crippen molar-refractivity contribution in [3.05, 3.63) is 46.4 Å². The molecule has 0 bridgehead atoms. The van der Waals surface area contributed by atoms with Gasteiger partial charge in [0.15, 0.2) is 5.69 Å². The molecular weight excluding hydrogens is 403 g/mol. The summed E-state index contributed by atoms with van der Waals surface area (Å²) in [6.07, 6.45) is 2.98. The molecule has 6 nitrogen and oxygen atoms in total. The Bertz CT molecular complexity index is 798. The van der Waals surface area contributed by atoms with Crippen LogP contribution in [0.2, 0.25) is 0 Å². The second kappa shape index (κ2) is 7.99. The van der Waals surface area contributed by atoms with E-state index in [9.17, 15) is 14.0 Å². The lowest BCUT2D eigenvalue weighted by molar-refractivity contribution is -0.126. The Balaban J connectivity index is 1.69. The van der Waals surface area contributed by atoms with Gasteiger partial charge in [0.2, 0.25) is 5.91 Å². The Labute approximate surface area is 159 Å². The number of carbonyl (C=O) groups is 2. The molecule has 0 aliphatic carbocycles. The summed E-state index contributed by atoms with van der Waals surface area (Å²) in [6.45, 7) is 3.56. The van der Waals surface area contributed by atoms with Gasteiger partial charge >= 0.3 is 0 Å². The van der Waals surface area contributed by atoms with Crippen molar-refractivity contribution in [1.29, 1.82) is 0 Å². The summed E-state index contributed by atoms with van der Waals surface area (Å²) < 4.78 is 15.2. The Kier molecular flexibility index (Phi) is 5.70. The average Bonchev–Trinajstić information content (AvgIpc) is 3.04. The van der Waals surface area contributed by atoms with E-state index in [0.717, 1.165) is 0 Å². The van der Waals surface area contributed by atoms with E-state index in [2.05, 4.69) is 26.3 Å². The van der Waals surface area contributed by atoms with Gasteiger partial charge in [0.25, 0.3) is 5.91 Å². The van der Waals surface area contributed by atoms with Crippen molar-refractivity contribution < 1.29 is 14.0 Å². The van der Waals surface area contributed by atoms with Crippen LogP contribution in [0.3, 0.4) is 0 Å². The van der Waals surface area contributed by atoms with E-state index >= 15 is 0 Å². The van der Waals surface area contributed by atoms with Crippen molar-refractivity contribution in [2.75, 3.05) is 19.6 Å². The molecular formula is C18H20BrFN4O2. The van der Waals surface area contributed by atoms with Crippen molar-refractivity contribution in [3.63, 3.8) is 0 Å². The zero-order valence-corrected chi connectivity index (χ0v) is 16.0. The van der Waals surface area contributed by atoms with Crippen molar-refractivity contribution in [1.82, 2.24) is 20.0 Å². The molecule has 1 aliphatic heterocycles. The summed E-state index contributed by atoms with van der Waals surface area (Å²) >= 11 is 3.38. The van der Waals surface area contributed by atoms with E-state index in [1.807, 2.05) is 6.92 Å². The van der Waals surface area contributed by atoms with Gasteiger partial charge in [-0.05, 0) is 60.0 Å². The van der Waals surface area contributed by atoms with Gasteiger partial charge in [0, 0.05) is 31.7 Å². The number of carbonyl (C=O) groups excluding carboxylic acids is 2. The molecule has 0 radical (unpaired) electrons. The van der Waals surface area contributed by atoms with Gasteiger partial charge in [-0.15, -0.1) is 0 Å². The van der Waals surface area contributed by atoms with E-state index in [1.165, 1.54) is 16.8 Å². The van der Waals surface area contributed by atoms with Crippen LogP contribution >= 0.6 is 15.9 Å². The fraction of sp³-hybridized carbons (Fsp3) is 0.389. The number of aromatic nitrogens is 2. The highest BCUT2D eigenvalue weighted by molar-refractivity contribution is 9.10. The van der Waals surface area contributed by atoms with Crippen molar-refractivity contribution in [2.24, 2.45) is 5.92 Å². The first-order valence-electron chi connectivity index (χ1n) is 8.57. The normalized spacial score (nSPS) is 15.1.